The maximum absolute atomic E-state index is 12.5. The summed E-state index contributed by atoms with van der Waals surface area (Å²) in [6.07, 6.45) is 3.09. The van der Waals surface area contributed by atoms with Crippen molar-refractivity contribution >= 4 is 10.0 Å². The second-order valence-electron chi connectivity index (χ2n) is 6.11. The predicted octanol–water partition coefficient (Wildman–Crippen LogP) is 1.59. The Kier molecular flexibility index (Phi) is 4.48. The van der Waals surface area contributed by atoms with Crippen LogP contribution in [0.1, 0.15) is 30.4 Å². The quantitative estimate of drug-likeness (QED) is 0.893. The molecular formula is C16H20N2O3S. The lowest BCUT2D eigenvalue weighted by Gasteiger charge is -2.31. The second-order valence-corrected chi connectivity index (χ2v) is 8.04. The van der Waals surface area contributed by atoms with E-state index in [0.717, 1.165) is 18.4 Å². The summed E-state index contributed by atoms with van der Waals surface area (Å²) < 4.78 is 33.4. The Balaban J connectivity index is 1.72. The van der Waals surface area contributed by atoms with Crippen LogP contribution >= 0.6 is 0 Å². The van der Waals surface area contributed by atoms with Crippen LogP contribution in [0.15, 0.2) is 24.3 Å². The normalized spacial score (nSPS) is 25.6. The summed E-state index contributed by atoms with van der Waals surface area (Å²) in [4.78, 5) is 0. The Labute approximate surface area is 131 Å². The molecule has 0 unspecified atom stereocenters. The zero-order valence-electron chi connectivity index (χ0n) is 12.4. The van der Waals surface area contributed by atoms with Crippen LogP contribution in [0.3, 0.4) is 0 Å². The molecule has 0 radical (unpaired) electrons. The van der Waals surface area contributed by atoms with Gasteiger partial charge in [-0.25, -0.2) is 13.1 Å². The first-order valence-electron chi connectivity index (χ1n) is 7.66. The van der Waals surface area contributed by atoms with Crippen molar-refractivity contribution in [2.45, 2.75) is 37.0 Å². The Bertz CT molecular complexity index is 660. The third kappa shape index (κ3) is 3.67. The summed E-state index contributed by atoms with van der Waals surface area (Å²) >= 11 is 0. The van der Waals surface area contributed by atoms with E-state index < -0.39 is 15.3 Å². The maximum atomic E-state index is 12.5. The van der Waals surface area contributed by atoms with E-state index in [4.69, 9.17) is 10.00 Å². The highest BCUT2D eigenvalue weighted by Gasteiger charge is 2.39. The lowest BCUT2D eigenvalue weighted by Crippen LogP contribution is -2.45. The fourth-order valence-corrected chi connectivity index (χ4v) is 4.88. The number of sulfonamides is 1. The van der Waals surface area contributed by atoms with Crippen LogP contribution in [-0.4, -0.2) is 32.9 Å². The molecule has 0 aromatic heterocycles. The molecule has 0 spiro atoms. The Morgan fingerprint density at radius 2 is 1.95 bits per heavy atom. The van der Waals surface area contributed by atoms with Crippen LogP contribution in [0.5, 0.6) is 0 Å². The van der Waals surface area contributed by atoms with E-state index in [2.05, 4.69) is 10.8 Å². The van der Waals surface area contributed by atoms with Crippen LogP contribution in [0.4, 0.5) is 0 Å². The van der Waals surface area contributed by atoms with E-state index in [1.54, 1.807) is 12.1 Å². The van der Waals surface area contributed by atoms with Crippen LogP contribution < -0.4 is 4.72 Å². The molecule has 3 rings (SSSR count). The molecule has 118 valence electrons. The molecule has 2 aliphatic rings. The summed E-state index contributed by atoms with van der Waals surface area (Å²) in [6.45, 7) is 0.969. The fraction of sp³-hybridized carbons (Fsp3) is 0.562. The monoisotopic (exact) mass is 320 g/mol. The van der Waals surface area contributed by atoms with Gasteiger partial charge in [-0.05, 0) is 43.4 Å². The standard InChI is InChI=1S/C16H20N2O3S/c17-10-13-3-1-12(2-4-13)9-14-11-21-8-7-16(14)22(19,20)18-15-5-6-15/h1-4,14-16,18H,5-9,11H2/t14-,16-/m1/s1. The van der Waals surface area contributed by atoms with E-state index in [9.17, 15) is 8.42 Å². The minimum Gasteiger partial charge on any atom is -0.381 e. The summed E-state index contributed by atoms with van der Waals surface area (Å²) in [5, 5.41) is 8.44. The highest BCUT2D eigenvalue weighted by atomic mass is 32.2. The molecule has 5 nitrogen and oxygen atoms in total. The van der Waals surface area contributed by atoms with Crippen molar-refractivity contribution in [2.24, 2.45) is 5.92 Å². The molecule has 22 heavy (non-hydrogen) atoms. The molecule has 1 aromatic rings. The number of nitrogens with zero attached hydrogens (tertiary/aromatic N) is 1. The van der Waals surface area contributed by atoms with Crippen LogP contribution in [0.2, 0.25) is 0 Å². The lowest BCUT2D eigenvalue weighted by molar-refractivity contribution is 0.0570. The fourth-order valence-electron chi connectivity index (χ4n) is 2.92. The smallest absolute Gasteiger partial charge is 0.215 e. The molecule has 2 fully saturated rings. The van der Waals surface area contributed by atoms with Gasteiger partial charge >= 0.3 is 0 Å². The minimum absolute atomic E-state index is 0.0436. The minimum atomic E-state index is -3.28. The zero-order chi connectivity index (χ0) is 15.6. The van der Waals surface area contributed by atoms with E-state index in [0.29, 0.717) is 31.6 Å². The molecular weight excluding hydrogens is 300 g/mol. The number of ether oxygens (including phenoxy) is 1. The van der Waals surface area contributed by atoms with Crippen molar-refractivity contribution in [2.75, 3.05) is 13.2 Å². The SMILES string of the molecule is N#Cc1ccc(C[C@@H]2COCC[C@H]2S(=O)(=O)NC2CC2)cc1. The van der Waals surface area contributed by atoms with E-state index >= 15 is 0 Å². The first-order valence-corrected chi connectivity index (χ1v) is 9.21. The molecule has 1 saturated heterocycles. The Morgan fingerprint density at radius 3 is 2.59 bits per heavy atom. The van der Waals surface area contributed by atoms with Gasteiger partial charge in [-0.2, -0.15) is 5.26 Å². The number of hydrogen-bond donors (Lipinski definition) is 1. The number of nitrogens with one attached hydrogen (secondary N) is 1. The summed E-state index contributed by atoms with van der Waals surface area (Å²) in [6, 6.07) is 9.56. The molecule has 6 heteroatoms. The number of nitriles is 1. The van der Waals surface area contributed by atoms with E-state index in [-0.39, 0.29) is 12.0 Å². The topological polar surface area (TPSA) is 79.2 Å². The summed E-state index contributed by atoms with van der Waals surface area (Å²) in [5.74, 6) is -0.0436. The highest BCUT2D eigenvalue weighted by molar-refractivity contribution is 7.90. The largest absolute Gasteiger partial charge is 0.381 e. The highest BCUT2D eigenvalue weighted by Crippen LogP contribution is 2.28. The average molecular weight is 320 g/mol. The summed E-state index contributed by atoms with van der Waals surface area (Å²) in [5.41, 5.74) is 1.66. The van der Waals surface area contributed by atoms with Crippen LogP contribution in [-0.2, 0) is 21.2 Å². The van der Waals surface area contributed by atoms with Crippen LogP contribution in [0.25, 0.3) is 0 Å². The number of benzene rings is 1. The van der Waals surface area contributed by atoms with Gasteiger partial charge in [-0.15, -0.1) is 0 Å². The Morgan fingerprint density at radius 1 is 1.23 bits per heavy atom. The van der Waals surface area contributed by atoms with Crippen molar-refractivity contribution < 1.29 is 13.2 Å². The Hall–Kier alpha value is -1.42. The van der Waals surface area contributed by atoms with Crippen molar-refractivity contribution in [1.82, 2.24) is 4.72 Å². The molecule has 1 aromatic carbocycles. The summed E-state index contributed by atoms with van der Waals surface area (Å²) in [7, 11) is -3.28. The molecule has 1 saturated carbocycles. The zero-order valence-corrected chi connectivity index (χ0v) is 13.2. The molecule has 1 aliphatic carbocycles. The third-order valence-electron chi connectivity index (χ3n) is 4.29. The van der Waals surface area contributed by atoms with Gasteiger partial charge in [0.05, 0.1) is 23.5 Å². The number of hydrogen-bond acceptors (Lipinski definition) is 4. The molecule has 2 atom stereocenters. The van der Waals surface area contributed by atoms with Gasteiger partial charge in [0.1, 0.15) is 0 Å². The van der Waals surface area contributed by atoms with Crippen molar-refractivity contribution in [3.63, 3.8) is 0 Å². The van der Waals surface area contributed by atoms with Gasteiger partial charge in [0.25, 0.3) is 0 Å². The predicted molar refractivity (Wildman–Crippen MR) is 82.7 cm³/mol. The second kappa shape index (κ2) is 6.37. The number of rotatable bonds is 5. The first kappa shape index (κ1) is 15.5. The third-order valence-corrected chi connectivity index (χ3v) is 6.37. The molecule has 1 aliphatic heterocycles. The molecule has 1 N–H and O–H groups in total. The molecule has 1 heterocycles. The van der Waals surface area contributed by atoms with Gasteiger partial charge in [-0.1, -0.05) is 12.1 Å². The molecule has 0 amide bonds. The van der Waals surface area contributed by atoms with Crippen molar-refractivity contribution in [3.05, 3.63) is 35.4 Å². The van der Waals surface area contributed by atoms with Crippen molar-refractivity contribution in [3.8, 4) is 6.07 Å². The van der Waals surface area contributed by atoms with Gasteiger partial charge in [0.2, 0.25) is 10.0 Å². The van der Waals surface area contributed by atoms with Gasteiger partial charge in [0, 0.05) is 18.6 Å². The lowest BCUT2D eigenvalue weighted by atomic mass is 9.93. The average Bonchev–Trinajstić information content (AvgIpc) is 3.32. The van der Waals surface area contributed by atoms with E-state index in [1.807, 2.05) is 12.1 Å². The van der Waals surface area contributed by atoms with Gasteiger partial charge in [0.15, 0.2) is 0 Å². The van der Waals surface area contributed by atoms with Crippen molar-refractivity contribution in [1.29, 1.82) is 5.26 Å². The van der Waals surface area contributed by atoms with E-state index in [1.165, 1.54) is 0 Å². The van der Waals surface area contributed by atoms with Gasteiger partial charge in [-0.3, -0.25) is 0 Å². The maximum Gasteiger partial charge on any atom is 0.215 e. The first-order chi connectivity index (χ1) is 10.6. The van der Waals surface area contributed by atoms with Gasteiger partial charge < -0.3 is 4.74 Å². The van der Waals surface area contributed by atoms with Crippen LogP contribution in [0, 0.1) is 17.2 Å². The molecule has 0 bridgehead atoms.